The standard InChI is InChI=1S/C22H23N5O2/c1-4-8-19-20(22(28)23-14(2)3)24-26-27(19)16-11-12-18-17(13-16)21(29-25-18)15-9-6-5-7-10-15/h5-7,9-14H,4,8H2,1-3H3,(H,23,28). The van der Waals surface area contributed by atoms with Crippen molar-refractivity contribution < 1.29 is 9.32 Å². The highest BCUT2D eigenvalue weighted by molar-refractivity contribution is 5.94. The molecule has 1 amide bonds. The summed E-state index contributed by atoms with van der Waals surface area (Å²) in [6.45, 7) is 5.91. The van der Waals surface area contributed by atoms with Gasteiger partial charge in [-0.25, -0.2) is 4.68 Å². The number of benzene rings is 2. The number of carbonyl (C=O) groups excluding carboxylic acids is 1. The van der Waals surface area contributed by atoms with Gasteiger partial charge < -0.3 is 9.84 Å². The molecule has 0 unspecified atom stereocenters. The molecule has 2 aromatic carbocycles. The predicted octanol–water partition coefficient (Wildman–Crippen LogP) is 4.17. The van der Waals surface area contributed by atoms with Crippen molar-refractivity contribution in [3.63, 3.8) is 0 Å². The summed E-state index contributed by atoms with van der Waals surface area (Å²) in [5.74, 6) is 0.503. The number of nitrogens with zero attached hydrogens (tertiary/aromatic N) is 4. The first-order valence-corrected chi connectivity index (χ1v) is 9.79. The van der Waals surface area contributed by atoms with E-state index in [9.17, 15) is 4.79 Å². The second-order valence-corrected chi connectivity index (χ2v) is 7.25. The van der Waals surface area contributed by atoms with Crippen molar-refractivity contribution in [3.8, 4) is 17.0 Å². The lowest BCUT2D eigenvalue weighted by Gasteiger charge is -2.09. The zero-order valence-electron chi connectivity index (χ0n) is 16.7. The topological polar surface area (TPSA) is 85.8 Å². The molecule has 0 bridgehead atoms. The average molecular weight is 389 g/mol. The summed E-state index contributed by atoms with van der Waals surface area (Å²) in [5, 5.41) is 16.4. The van der Waals surface area contributed by atoms with Gasteiger partial charge in [0.05, 0.1) is 16.8 Å². The molecule has 0 atom stereocenters. The van der Waals surface area contributed by atoms with Gasteiger partial charge in [-0.1, -0.05) is 54.0 Å². The smallest absolute Gasteiger partial charge is 0.273 e. The zero-order valence-corrected chi connectivity index (χ0v) is 16.7. The fourth-order valence-electron chi connectivity index (χ4n) is 3.34. The van der Waals surface area contributed by atoms with Crippen molar-refractivity contribution >= 4 is 16.8 Å². The predicted molar refractivity (Wildman–Crippen MR) is 111 cm³/mol. The summed E-state index contributed by atoms with van der Waals surface area (Å²) in [7, 11) is 0. The Balaban J connectivity index is 1.80. The number of fused-ring (bicyclic) bond motifs is 1. The van der Waals surface area contributed by atoms with Crippen molar-refractivity contribution in [2.24, 2.45) is 0 Å². The van der Waals surface area contributed by atoms with E-state index in [0.29, 0.717) is 17.9 Å². The molecule has 0 fully saturated rings. The van der Waals surface area contributed by atoms with E-state index >= 15 is 0 Å². The van der Waals surface area contributed by atoms with E-state index in [0.717, 1.165) is 34.3 Å². The van der Waals surface area contributed by atoms with Gasteiger partial charge in [0.1, 0.15) is 5.52 Å². The minimum atomic E-state index is -0.203. The minimum Gasteiger partial charge on any atom is -0.355 e. The Morgan fingerprint density at radius 3 is 2.69 bits per heavy atom. The van der Waals surface area contributed by atoms with Crippen LogP contribution in [0.4, 0.5) is 0 Å². The Morgan fingerprint density at radius 1 is 1.17 bits per heavy atom. The van der Waals surface area contributed by atoms with Crippen molar-refractivity contribution in [1.82, 2.24) is 25.5 Å². The molecular weight excluding hydrogens is 366 g/mol. The number of aromatic nitrogens is 4. The van der Waals surface area contributed by atoms with E-state index in [1.807, 2.05) is 62.4 Å². The maximum Gasteiger partial charge on any atom is 0.273 e. The third-order valence-electron chi connectivity index (χ3n) is 4.63. The van der Waals surface area contributed by atoms with Crippen LogP contribution in [0, 0.1) is 0 Å². The fraction of sp³-hybridized carbons (Fsp3) is 0.273. The van der Waals surface area contributed by atoms with Crippen molar-refractivity contribution in [2.45, 2.75) is 39.7 Å². The lowest BCUT2D eigenvalue weighted by atomic mass is 10.1. The molecule has 1 N–H and O–H groups in total. The largest absolute Gasteiger partial charge is 0.355 e. The van der Waals surface area contributed by atoms with E-state index in [1.165, 1.54) is 0 Å². The number of nitrogens with one attached hydrogen (secondary N) is 1. The van der Waals surface area contributed by atoms with Gasteiger partial charge in [0.25, 0.3) is 5.91 Å². The van der Waals surface area contributed by atoms with Gasteiger partial charge in [-0.2, -0.15) is 0 Å². The Labute approximate surface area is 168 Å². The molecule has 0 aliphatic heterocycles. The molecule has 2 heterocycles. The van der Waals surface area contributed by atoms with Crippen molar-refractivity contribution in [2.75, 3.05) is 0 Å². The maximum atomic E-state index is 12.6. The summed E-state index contributed by atoms with van der Waals surface area (Å²) >= 11 is 0. The molecule has 0 spiro atoms. The zero-order chi connectivity index (χ0) is 20.4. The second-order valence-electron chi connectivity index (χ2n) is 7.25. The highest BCUT2D eigenvalue weighted by Crippen LogP contribution is 2.30. The van der Waals surface area contributed by atoms with Crippen LogP contribution in [0.1, 0.15) is 43.4 Å². The van der Waals surface area contributed by atoms with Crippen molar-refractivity contribution in [1.29, 1.82) is 0 Å². The molecule has 148 valence electrons. The van der Waals surface area contributed by atoms with Crippen molar-refractivity contribution in [3.05, 3.63) is 59.9 Å². The van der Waals surface area contributed by atoms with Crippen LogP contribution < -0.4 is 5.32 Å². The van der Waals surface area contributed by atoms with E-state index < -0.39 is 0 Å². The number of carbonyl (C=O) groups is 1. The molecule has 0 aliphatic rings. The molecule has 0 saturated heterocycles. The molecule has 0 aliphatic carbocycles. The summed E-state index contributed by atoms with van der Waals surface area (Å²) in [4.78, 5) is 12.6. The monoisotopic (exact) mass is 389 g/mol. The molecule has 2 aromatic heterocycles. The number of hydrogen-bond donors (Lipinski definition) is 1. The summed E-state index contributed by atoms with van der Waals surface area (Å²) < 4.78 is 7.33. The Kier molecular flexibility index (Phi) is 5.12. The molecule has 7 nitrogen and oxygen atoms in total. The van der Waals surface area contributed by atoms with Crippen LogP contribution in [-0.4, -0.2) is 32.1 Å². The Morgan fingerprint density at radius 2 is 1.97 bits per heavy atom. The van der Waals surface area contributed by atoms with Crippen LogP contribution in [0.3, 0.4) is 0 Å². The van der Waals surface area contributed by atoms with Gasteiger partial charge in [-0.15, -0.1) is 5.10 Å². The maximum absolute atomic E-state index is 12.6. The third-order valence-corrected chi connectivity index (χ3v) is 4.63. The summed E-state index contributed by atoms with van der Waals surface area (Å²) in [5.41, 5.74) is 3.70. The van der Waals surface area contributed by atoms with Crippen LogP contribution in [-0.2, 0) is 6.42 Å². The normalized spacial score (nSPS) is 11.3. The average Bonchev–Trinajstić information content (AvgIpc) is 3.32. The van der Waals surface area contributed by atoms with Gasteiger partial charge in [0, 0.05) is 11.6 Å². The van der Waals surface area contributed by atoms with Gasteiger partial charge in [0.15, 0.2) is 11.5 Å². The SMILES string of the molecule is CCCc1c(C(=O)NC(C)C)nnn1-c1ccc2noc(-c3ccccc3)c2c1. The molecule has 0 radical (unpaired) electrons. The molecule has 29 heavy (non-hydrogen) atoms. The van der Waals surface area contributed by atoms with Gasteiger partial charge in [0.2, 0.25) is 0 Å². The first-order chi connectivity index (χ1) is 14.1. The summed E-state index contributed by atoms with van der Waals surface area (Å²) in [6, 6.07) is 15.7. The van der Waals surface area contributed by atoms with Gasteiger partial charge in [-0.3, -0.25) is 4.79 Å². The van der Waals surface area contributed by atoms with Crippen LogP contribution in [0.15, 0.2) is 53.1 Å². The first-order valence-electron chi connectivity index (χ1n) is 9.79. The van der Waals surface area contributed by atoms with Crippen LogP contribution in [0.2, 0.25) is 0 Å². The van der Waals surface area contributed by atoms with E-state index in [2.05, 4.69) is 27.7 Å². The van der Waals surface area contributed by atoms with Crippen LogP contribution in [0.5, 0.6) is 0 Å². The fourth-order valence-corrected chi connectivity index (χ4v) is 3.34. The molecule has 4 aromatic rings. The number of rotatable bonds is 6. The van der Waals surface area contributed by atoms with Crippen LogP contribution >= 0.6 is 0 Å². The third kappa shape index (κ3) is 3.63. The molecule has 0 saturated carbocycles. The second kappa shape index (κ2) is 7.87. The Hall–Kier alpha value is -3.48. The van der Waals surface area contributed by atoms with E-state index in [1.54, 1.807) is 4.68 Å². The highest BCUT2D eigenvalue weighted by atomic mass is 16.5. The molecule has 4 rings (SSSR count). The number of hydrogen-bond acceptors (Lipinski definition) is 5. The summed E-state index contributed by atoms with van der Waals surface area (Å²) in [6.07, 6.45) is 1.57. The van der Waals surface area contributed by atoms with Gasteiger partial charge in [-0.05, 0) is 38.5 Å². The van der Waals surface area contributed by atoms with Crippen LogP contribution in [0.25, 0.3) is 27.9 Å². The van der Waals surface area contributed by atoms with Gasteiger partial charge >= 0.3 is 0 Å². The molecule has 7 heteroatoms. The first kappa shape index (κ1) is 18.9. The minimum absolute atomic E-state index is 0.0314. The highest BCUT2D eigenvalue weighted by Gasteiger charge is 2.21. The van der Waals surface area contributed by atoms with E-state index in [4.69, 9.17) is 4.52 Å². The quantitative estimate of drug-likeness (QED) is 0.535. The molecular formula is C22H23N5O2. The lowest BCUT2D eigenvalue weighted by molar-refractivity contribution is 0.0937. The number of amides is 1. The van der Waals surface area contributed by atoms with E-state index in [-0.39, 0.29) is 11.9 Å². The lowest BCUT2D eigenvalue weighted by Crippen LogP contribution is -2.31. The Bertz CT molecular complexity index is 1140.